The number of benzene rings is 2. The van der Waals surface area contributed by atoms with Crippen LogP contribution in [-0.4, -0.2) is 35.1 Å². The Bertz CT molecular complexity index is 942. The second-order valence-electron chi connectivity index (χ2n) is 5.70. The third kappa shape index (κ3) is 3.57. The Kier molecular flexibility index (Phi) is 4.73. The van der Waals surface area contributed by atoms with Gasteiger partial charge in [-0.3, -0.25) is 24.1 Å². The summed E-state index contributed by atoms with van der Waals surface area (Å²) < 4.78 is 0. The van der Waals surface area contributed by atoms with Gasteiger partial charge in [0.05, 0.1) is 11.1 Å². The summed E-state index contributed by atoms with van der Waals surface area (Å²) in [7, 11) is 0. The Hall–Kier alpha value is -3.19. The van der Waals surface area contributed by atoms with Crippen molar-refractivity contribution in [3.8, 4) is 0 Å². The number of nitrogens with one attached hydrogen (secondary N) is 2. The maximum absolute atomic E-state index is 12.3. The van der Waals surface area contributed by atoms with Crippen molar-refractivity contribution in [1.29, 1.82) is 0 Å². The number of halogens is 1. The minimum atomic E-state index is -0.561. The molecule has 8 heteroatoms. The SMILES string of the molecule is CC(=O)Nc1cccc(NC(=O)CN2C(=O)c3ccc(Cl)cc3C2=O)c1. The van der Waals surface area contributed by atoms with Crippen LogP contribution in [0.3, 0.4) is 0 Å². The van der Waals surface area contributed by atoms with Gasteiger partial charge in [0.1, 0.15) is 6.54 Å². The van der Waals surface area contributed by atoms with Crippen molar-refractivity contribution in [1.82, 2.24) is 4.90 Å². The molecule has 0 fully saturated rings. The molecule has 4 amide bonds. The zero-order chi connectivity index (χ0) is 18.8. The lowest BCUT2D eigenvalue weighted by Gasteiger charge is -2.14. The molecule has 2 N–H and O–H groups in total. The number of nitrogens with zero attached hydrogens (tertiary/aromatic N) is 1. The highest BCUT2D eigenvalue weighted by Gasteiger charge is 2.36. The van der Waals surface area contributed by atoms with Crippen molar-refractivity contribution < 1.29 is 19.2 Å². The maximum Gasteiger partial charge on any atom is 0.262 e. The van der Waals surface area contributed by atoms with Crippen molar-refractivity contribution >= 4 is 46.6 Å². The third-order valence-corrected chi connectivity index (χ3v) is 3.94. The van der Waals surface area contributed by atoms with Crippen LogP contribution in [0.25, 0.3) is 0 Å². The average Bonchev–Trinajstić information content (AvgIpc) is 2.79. The van der Waals surface area contributed by atoms with Crippen LogP contribution in [0.5, 0.6) is 0 Å². The van der Waals surface area contributed by atoms with Gasteiger partial charge in [0.2, 0.25) is 11.8 Å². The van der Waals surface area contributed by atoms with Crippen molar-refractivity contribution in [2.24, 2.45) is 0 Å². The number of carbonyl (C=O) groups excluding carboxylic acids is 4. The second kappa shape index (κ2) is 6.97. The standard InChI is InChI=1S/C18H14ClN3O4/c1-10(23)20-12-3-2-4-13(8-12)21-16(24)9-22-17(25)14-6-5-11(19)7-15(14)18(22)26/h2-8H,9H2,1H3,(H,20,23)(H,21,24). The van der Waals surface area contributed by atoms with E-state index >= 15 is 0 Å². The molecule has 0 atom stereocenters. The maximum atomic E-state index is 12.3. The van der Waals surface area contributed by atoms with Crippen LogP contribution < -0.4 is 10.6 Å². The van der Waals surface area contributed by atoms with Gasteiger partial charge in [-0.1, -0.05) is 17.7 Å². The van der Waals surface area contributed by atoms with Gasteiger partial charge >= 0.3 is 0 Å². The molecule has 2 aromatic rings. The van der Waals surface area contributed by atoms with Crippen molar-refractivity contribution in [3.05, 3.63) is 58.6 Å². The van der Waals surface area contributed by atoms with Gasteiger partial charge in [-0.05, 0) is 36.4 Å². The second-order valence-corrected chi connectivity index (χ2v) is 6.13. The Balaban J connectivity index is 1.70. The number of amides is 4. The molecule has 1 aliphatic rings. The van der Waals surface area contributed by atoms with Crippen LogP contribution in [0.15, 0.2) is 42.5 Å². The van der Waals surface area contributed by atoms with E-state index in [2.05, 4.69) is 10.6 Å². The minimum absolute atomic E-state index is 0.183. The quantitative estimate of drug-likeness (QED) is 0.807. The molecule has 1 aliphatic heterocycles. The molecule has 26 heavy (non-hydrogen) atoms. The van der Waals surface area contributed by atoms with Crippen LogP contribution >= 0.6 is 11.6 Å². The monoisotopic (exact) mass is 371 g/mol. The Morgan fingerprint density at radius 2 is 1.62 bits per heavy atom. The van der Waals surface area contributed by atoms with Gasteiger partial charge in [-0.15, -0.1) is 0 Å². The number of imide groups is 1. The van der Waals surface area contributed by atoms with E-state index in [1.807, 2.05) is 0 Å². The number of fused-ring (bicyclic) bond motifs is 1. The minimum Gasteiger partial charge on any atom is -0.326 e. The lowest BCUT2D eigenvalue weighted by molar-refractivity contribution is -0.116. The van der Waals surface area contributed by atoms with E-state index in [-0.39, 0.29) is 17.0 Å². The molecule has 1 heterocycles. The molecule has 0 aliphatic carbocycles. The molecule has 0 bridgehead atoms. The van der Waals surface area contributed by atoms with E-state index in [0.29, 0.717) is 16.4 Å². The molecule has 0 radical (unpaired) electrons. The van der Waals surface area contributed by atoms with Gasteiger partial charge in [-0.2, -0.15) is 0 Å². The van der Waals surface area contributed by atoms with Crippen molar-refractivity contribution in [3.63, 3.8) is 0 Å². The Labute approximate surface area is 153 Å². The van der Waals surface area contributed by atoms with E-state index in [1.165, 1.54) is 25.1 Å². The molecule has 0 unspecified atom stereocenters. The smallest absolute Gasteiger partial charge is 0.262 e. The highest BCUT2D eigenvalue weighted by molar-refractivity contribution is 6.32. The molecule has 0 aromatic heterocycles. The molecule has 132 valence electrons. The highest BCUT2D eigenvalue weighted by Crippen LogP contribution is 2.25. The summed E-state index contributed by atoms with van der Waals surface area (Å²) in [6.45, 7) is 0.952. The summed E-state index contributed by atoms with van der Waals surface area (Å²) in [5.41, 5.74) is 1.36. The topological polar surface area (TPSA) is 95.6 Å². The van der Waals surface area contributed by atoms with E-state index in [1.54, 1.807) is 24.3 Å². The number of anilines is 2. The molecular formula is C18H14ClN3O4. The van der Waals surface area contributed by atoms with E-state index in [4.69, 9.17) is 11.6 Å². The van der Waals surface area contributed by atoms with Gasteiger partial charge in [-0.25, -0.2) is 0 Å². The lowest BCUT2D eigenvalue weighted by Crippen LogP contribution is -2.37. The molecule has 7 nitrogen and oxygen atoms in total. The summed E-state index contributed by atoms with van der Waals surface area (Å²) in [5.74, 6) is -1.87. The van der Waals surface area contributed by atoms with E-state index in [9.17, 15) is 19.2 Å². The zero-order valence-electron chi connectivity index (χ0n) is 13.7. The van der Waals surface area contributed by atoms with Gasteiger partial charge in [0, 0.05) is 23.3 Å². The van der Waals surface area contributed by atoms with E-state index < -0.39 is 24.3 Å². The Morgan fingerprint density at radius 3 is 2.31 bits per heavy atom. The number of carbonyl (C=O) groups is 4. The molecule has 0 spiro atoms. The summed E-state index contributed by atoms with van der Waals surface area (Å²) in [4.78, 5) is 48.9. The predicted octanol–water partition coefficient (Wildman–Crippen LogP) is 2.53. The fraction of sp³-hybridized carbons (Fsp3) is 0.111. The number of hydrogen-bond donors (Lipinski definition) is 2. The molecular weight excluding hydrogens is 358 g/mol. The first-order valence-corrected chi connectivity index (χ1v) is 8.06. The van der Waals surface area contributed by atoms with Crippen LogP contribution in [0.2, 0.25) is 5.02 Å². The number of rotatable bonds is 4. The normalized spacial score (nSPS) is 12.8. The summed E-state index contributed by atoms with van der Waals surface area (Å²) in [6.07, 6.45) is 0. The first-order chi connectivity index (χ1) is 12.3. The first kappa shape index (κ1) is 17.6. The lowest BCUT2D eigenvalue weighted by atomic mass is 10.1. The molecule has 2 aromatic carbocycles. The van der Waals surface area contributed by atoms with Gasteiger partial charge in [0.15, 0.2) is 0 Å². The van der Waals surface area contributed by atoms with Crippen LogP contribution in [0, 0.1) is 0 Å². The summed E-state index contributed by atoms with van der Waals surface area (Å²) >= 11 is 5.86. The first-order valence-electron chi connectivity index (χ1n) is 7.68. The zero-order valence-corrected chi connectivity index (χ0v) is 14.5. The fourth-order valence-electron chi connectivity index (χ4n) is 2.63. The number of hydrogen-bond acceptors (Lipinski definition) is 4. The Morgan fingerprint density at radius 1 is 0.962 bits per heavy atom. The summed E-state index contributed by atoms with van der Waals surface area (Å²) in [5, 5.41) is 5.54. The largest absolute Gasteiger partial charge is 0.326 e. The van der Waals surface area contributed by atoms with E-state index in [0.717, 1.165) is 4.90 Å². The van der Waals surface area contributed by atoms with Gasteiger partial charge < -0.3 is 10.6 Å². The average molecular weight is 372 g/mol. The fourth-order valence-corrected chi connectivity index (χ4v) is 2.80. The third-order valence-electron chi connectivity index (χ3n) is 3.70. The van der Waals surface area contributed by atoms with Crippen LogP contribution in [0.4, 0.5) is 11.4 Å². The summed E-state index contributed by atoms with van der Waals surface area (Å²) in [6, 6.07) is 10.9. The van der Waals surface area contributed by atoms with Gasteiger partial charge in [0.25, 0.3) is 11.8 Å². The molecule has 3 rings (SSSR count). The van der Waals surface area contributed by atoms with Crippen LogP contribution in [0.1, 0.15) is 27.6 Å². The predicted molar refractivity (Wildman–Crippen MR) is 96.2 cm³/mol. The van der Waals surface area contributed by atoms with Crippen molar-refractivity contribution in [2.45, 2.75) is 6.92 Å². The highest BCUT2D eigenvalue weighted by atomic mass is 35.5. The molecule has 0 saturated carbocycles. The van der Waals surface area contributed by atoms with Crippen LogP contribution in [-0.2, 0) is 9.59 Å². The van der Waals surface area contributed by atoms with Crippen molar-refractivity contribution in [2.75, 3.05) is 17.2 Å². The molecule has 0 saturated heterocycles.